The number of nitrogens with zero attached hydrogens (tertiary/aromatic N) is 3. The lowest BCUT2D eigenvalue weighted by atomic mass is 10.1. The third-order valence-electron chi connectivity index (χ3n) is 3.50. The van der Waals surface area contributed by atoms with Crippen LogP contribution in [0.5, 0.6) is 0 Å². The highest BCUT2D eigenvalue weighted by molar-refractivity contribution is 6.42. The number of carbonyl (C=O) groups is 1. The smallest absolute Gasteiger partial charge is 0.339 e. The van der Waals surface area contributed by atoms with E-state index < -0.39 is 5.97 Å². The number of carboxylic acid groups (broad SMARTS) is 1. The van der Waals surface area contributed by atoms with Gasteiger partial charge in [-0.1, -0.05) is 29.3 Å². The summed E-state index contributed by atoms with van der Waals surface area (Å²) in [6.07, 6.45) is 1.34. The number of fused-ring (bicyclic) bond motifs is 1. The molecule has 0 unspecified atom stereocenters. The van der Waals surface area contributed by atoms with E-state index in [1.807, 2.05) is 13.0 Å². The summed E-state index contributed by atoms with van der Waals surface area (Å²) in [5.41, 5.74) is 3.59. The van der Waals surface area contributed by atoms with E-state index in [0.29, 0.717) is 21.4 Å². The Balaban J connectivity index is 2.31. The van der Waals surface area contributed by atoms with Gasteiger partial charge in [0.2, 0.25) is 0 Å². The van der Waals surface area contributed by atoms with Crippen molar-refractivity contribution in [1.82, 2.24) is 14.6 Å². The fourth-order valence-corrected chi connectivity index (χ4v) is 2.70. The number of aryl methyl sites for hydroxylation is 2. The van der Waals surface area contributed by atoms with Gasteiger partial charge in [-0.15, -0.1) is 0 Å². The average molecular weight is 336 g/mol. The SMILES string of the molecule is Cc1nn2c(C)c(C(=O)O)cnc2c1-c1ccc(Cl)c(Cl)c1. The maximum absolute atomic E-state index is 11.2. The lowest BCUT2D eigenvalue weighted by molar-refractivity contribution is 0.0695. The zero-order valence-electron chi connectivity index (χ0n) is 11.8. The molecule has 2 heterocycles. The van der Waals surface area contributed by atoms with E-state index in [1.54, 1.807) is 19.1 Å². The van der Waals surface area contributed by atoms with Gasteiger partial charge in [0.05, 0.1) is 27.0 Å². The zero-order valence-corrected chi connectivity index (χ0v) is 13.3. The molecule has 22 heavy (non-hydrogen) atoms. The monoisotopic (exact) mass is 335 g/mol. The van der Waals surface area contributed by atoms with E-state index in [-0.39, 0.29) is 5.56 Å². The highest BCUT2D eigenvalue weighted by Gasteiger charge is 2.18. The molecule has 0 aliphatic rings. The lowest BCUT2D eigenvalue weighted by Gasteiger charge is -2.05. The molecule has 0 spiro atoms. The van der Waals surface area contributed by atoms with E-state index >= 15 is 0 Å². The van der Waals surface area contributed by atoms with Crippen molar-refractivity contribution in [2.45, 2.75) is 13.8 Å². The number of aromatic carboxylic acids is 1. The van der Waals surface area contributed by atoms with Crippen molar-refractivity contribution in [2.75, 3.05) is 0 Å². The fourth-order valence-electron chi connectivity index (χ4n) is 2.40. The molecular formula is C15H11Cl2N3O2. The van der Waals surface area contributed by atoms with Gasteiger partial charge in [-0.2, -0.15) is 5.10 Å². The molecule has 7 heteroatoms. The van der Waals surface area contributed by atoms with Gasteiger partial charge in [0.1, 0.15) is 0 Å². The van der Waals surface area contributed by atoms with Crippen molar-refractivity contribution in [1.29, 1.82) is 0 Å². The minimum absolute atomic E-state index is 0.121. The molecular weight excluding hydrogens is 325 g/mol. The van der Waals surface area contributed by atoms with Crippen LogP contribution in [0.15, 0.2) is 24.4 Å². The summed E-state index contributed by atoms with van der Waals surface area (Å²) in [5, 5.41) is 14.5. The first-order chi connectivity index (χ1) is 10.4. The Labute approximate surface area is 136 Å². The summed E-state index contributed by atoms with van der Waals surface area (Å²) in [7, 11) is 0. The Morgan fingerprint density at radius 3 is 2.59 bits per heavy atom. The second-order valence-electron chi connectivity index (χ2n) is 4.89. The van der Waals surface area contributed by atoms with E-state index in [1.165, 1.54) is 10.7 Å². The molecule has 0 aliphatic heterocycles. The van der Waals surface area contributed by atoms with Crippen LogP contribution in [0.3, 0.4) is 0 Å². The molecule has 5 nitrogen and oxygen atoms in total. The van der Waals surface area contributed by atoms with E-state index in [0.717, 1.165) is 16.8 Å². The molecule has 2 aromatic heterocycles. The molecule has 0 bridgehead atoms. The summed E-state index contributed by atoms with van der Waals surface area (Å²) < 4.78 is 1.54. The van der Waals surface area contributed by atoms with Crippen molar-refractivity contribution >= 4 is 34.8 Å². The van der Waals surface area contributed by atoms with Crippen molar-refractivity contribution < 1.29 is 9.90 Å². The Bertz CT molecular complexity index is 919. The molecule has 112 valence electrons. The molecule has 0 fully saturated rings. The zero-order chi connectivity index (χ0) is 16.0. The maximum Gasteiger partial charge on any atom is 0.339 e. The van der Waals surface area contributed by atoms with Crippen LogP contribution in [0.4, 0.5) is 0 Å². The summed E-state index contributed by atoms with van der Waals surface area (Å²) in [6.45, 7) is 3.54. The number of aromatic nitrogens is 3. The van der Waals surface area contributed by atoms with Gasteiger partial charge >= 0.3 is 5.97 Å². The van der Waals surface area contributed by atoms with Crippen LogP contribution in [0.2, 0.25) is 10.0 Å². The summed E-state index contributed by atoms with van der Waals surface area (Å²) in [6, 6.07) is 5.29. The number of carboxylic acids is 1. The predicted octanol–water partition coefficient (Wildman–Crippen LogP) is 4.02. The number of rotatable bonds is 2. The third kappa shape index (κ3) is 2.23. The van der Waals surface area contributed by atoms with Gasteiger partial charge in [-0.25, -0.2) is 14.3 Å². The van der Waals surface area contributed by atoms with Crippen molar-refractivity contribution in [3.8, 4) is 11.1 Å². The molecule has 0 aliphatic carbocycles. The van der Waals surface area contributed by atoms with Crippen LogP contribution in [0.25, 0.3) is 16.8 Å². The van der Waals surface area contributed by atoms with Crippen LogP contribution in [-0.2, 0) is 0 Å². The largest absolute Gasteiger partial charge is 0.478 e. The van der Waals surface area contributed by atoms with E-state index in [9.17, 15) is 9.90 Å². The summed E-state index contributed by atoms with van der Waals surface area (Å²) in [5.74, 6) is -1.03. The quantitative estimate of drug-likeness (QED) is 0.767. The lowest BCUT2D eigenvalue weighted by Crippen LogP contribution is -2.07. The minimum atomic E-state index is -1.03. The number of hydrogen-bond donors (Lipinski definition) is 1. The Morgan fingerprint density at radius 1 is 1.23 bits per heavy atom. The van der Waals surface area contributed by atoms with Crippen LogP contribution >= 0.6 is 23.2 Å². The molecule has 0 amide bonds. The van der Waals surface area contributed by atoms with Gasteiger partial charge in [-0.3, -0.25) is 0 Å². The topological polar surface area (TPSA) is 67.5 Å². The third-order valence-corrected chi connectivity index (χ3v) is 4.24. The first kappa shape index (κ1) is 14.8. The van der Waals surface area contributed by atoms with Gasteiger partial charge in [-0.05, 0) is 31.5 Å². The molecule has 1 N–H and O–H groups in total. The van der Waals surface area contributed by atoms with E-state index in [4.69, 9.17) is 23.2 Å². The van der Waals surface area contributed by atoms with Gasteiger partial charge in [0, 0.05) is 11.8 Å². The second kappa shape index (κ2) is 5.26. The Hall–Kier alpha value is -2.11. The highest BCUT2D eigenvalue weighted by atomic mass is 35.5. The number of hydrogen-bond acceptors (Lipinski definition) is 3. The van der Waals surface area contributed by atoms with Gasteiger partial charge in [0.15, 0.2) is 5.65 Å². The summed E-state index contributed by atoms with van der Waals surface area (Å²) >= 11 is 12.0. The van der Waals surface area contributed by atoms with Crippen molar-refractivity contribution in [2.24, 2.45) is 0 Å². The molecule has 3 aromatic rings. The average Bonchev–Trinajstić information content (AvgIpc) is 2.79. The molecule has 0 saturated heterocycles. The Kier molecular flexibility index (Phi) is 3.54. The van der Waals surface area contributed by atoms with Crippen molar-refractivity contribution in [3.05, 3.63) is 51.4 Å². The normalized spacial score (nSPS) is 11.1. The molecule has 1 aromatic carbocycles. The van der Waals surface area contributed by atoms with E-state index in [2.05, 4.69) is 10.1 Å². The van der Waals surface area contributed by atoms with Gasteiger partial charge < -0.3 is 5.11 Å². The second-order valence-corrected chi connectivity index (χ2v) is 5.70. The van der Waals surface area contributed by atoms with Crippen LogP contribution < -0.4 is 0 Å². The molecule has 0 radical (unpaired) electrons. The number of benzene rings is 1. The Morgan fingerprint density at radius 2 is 1.95 bits per heavy atom. The van der Waals surface area contributed by atoms with Gasteiger partial charge in [0.25, 0.3) is 0 Å². The molecule has 3 rings (SSSR count). The first-order valence-corrected chi connectivity index (χ1v) is 7.19. The standard InChI is InChI=1S/C15H11Cl2N3O2/c1-7-13(9-3-4-11(16)12(17)5-9)14-18-6-10(15(21)22)8(2)20(14)19-7/h3-6H,1-2H3,(H,21,22). The van der Waals surface area contributed by atoms with Crippen LogP contribution in [0.1, 0.15) is 21.7 Å². The highest BCUT2D eigenvalue weighted by Crippen LogP contribution is 2.32. The van der Waals surface area contributed by atoms with Crippen molar-refractivity contribution in [3.63, 3.8) is 0 Å². The first-order valence-electron chi connectivity index (χ1n) is 6.44. The summed E-state index contributed by atoms with van der Waals surface area (Å²) in [4.78, 5) is 15.5. The minimum Gasteiger partial charge on any atom is -0.478 e. The number of halogens is 2. The fraction of sp³-hybridized carbons (Fsp3) is 0.133. The van der Waals surface area contributed by atoms with Crippen LogP contribution in [0, 0.1) is 13.8 Å². The van der Waals surface area contributed by atoms with Crippen LogP contribution in [-0.4, -0.2) is 25.7 Å². The predicted molar refractivity (Wildman–Crippen MR) is 84.9 cm³/mol. The maximum atomic E-state index is 11.2. The molecule has 0 saturated carbocycles. The molecule has 0 atom stereocenters.